The van der Waals surface area contributed by atoms with E-state index in [2.05, 4.69) is 15.4 Å². The van der Waals surface area contributed by atoms with Crippen LogP contribution in [0, 0.1) is 0 Å². The van der Waals surface area contributed by atoms with Crippen LogP contribution < -0.4 is 4.90 Å². The lowest BCUT2D eigenvalue weighted by molar-refractivity contribution is -0.138. The third kappa shape index (κ3) is 2.42. The second-order valence-electron chi connectivity index (χ2n) is 3.56. The summed E-state index contributed by atoms with van der Waals surface area (Å²) in [6.07, 6.45) is 3.50. The van der Waals surface area contributed by atoms with Gasteiger partial charge in [0.1, 0.15) is 0 Å². The lowest BCUT2D eigenvalue weighted by Gasteiger charge is -2.24. The van der Waals surface area contributed by atoms with Crippen molar-refractivity contribution in [1.29, 1.82) is 0 Å². The molecule has 7 nitrogen and oxygen atoms in total. The SMILES string of the molecule is O=C(O)Cn1nnc(N2CCCCC2)n1. The molecule has 1 fully saturated rings. The van der Waals surface area contributed by atoms with E-state index in [4.69, 9.17) is 5.11 Å². The molecule has 0 saturated carbocycles. The third-order valence-corrected chi connectivity index (χ3v) is 2.36. The number of nitrogens with zero attached hydrogens (tertiary/aromatic N) is 5. The highest BCUT2D eigenvalue weighted by Crippen LogP contribution is 2.13. The highest BCUT2D eigenvalue weighted by Gasteiger charge is 2.15. The van der Waals surface area contributed by atoms with E-state index in [0.717, 1.165) is 30.7 Å². The van der Waals surface area contributed by atoms with Gasteiger partial charge in [-0.3, -0.25) is 4.79 Å². The molecule has 1 aliphatic heterocycles. The van der Waals surface area contributed by atoms with Crippen LogP contribution in [0.5, 0.6) is 0 Å². The van der Waals surface area contributed by atoms with E-state index in [1.165, 1.54) is 6.42 Å². The molecule has 2 heterocycles. The van der Waals surface area contributed by atoms with Gasteiger partial charge in [0, 0.05) is 13.1 Å². The molecule has 1 aromatic rings. The average Bonchev–Trinajstić information content (AvgIpc) is 2.67. The Labute approximate surface area is 86.7 Å². The molecule has 0 spiro atoms. The second-order valence-corrected chi connectivity index (χ2v) is 3.56. The quantitative estimate of drug-likeness (QED) is 0.742. The molecule has 0 atom stereocenters. The van der Waals surface area contributed by atoms with Gasteiger partial charge < -0.3 is 10.0 Å². The van der Waals surface area contributed by atoms with Gasteiger partial charge in [-0.05, 0) is 24.5 Å². The summed E-state index contributed by atoms with van der Waals surface area (Å²) in [6, 6.07) is 0. The molecule has 1 aliphatic rings. The van der Waals surface area contributed by atoms with Crippen molar-refractivity contribution in [2.45, 2.75) is 25.8 Å². The van der Waals surface area contributed by atoms with E-state index in [1.54, 1.807) is 0 Å². The van der Waals surface area contributed by atoms with Crippen LogP contribution in [-0.2, 0) is 11.3 Å². The Bertz CT molecular complexity index is 345. The van der Waals surface area contributed by atoms with E-state index in [-0.39, 0.29) is 6.54 Å². The summed E-state index contributed by atoms with van der Waals surface area (Å²) in [5, 5.41) is 20.1. The predicted octanol–water partition coefficient (Wildman–Crippen LogP) is -0.252. The maximum Gasteiger partial charge on any atom is 0.327 e. The smallest absolute Gasteiger partial charge is 0.327 e. The standard InChI is InChI=1S/C8H13N5O2/c14-7(15)6-13-10-8(9-11-13)12-4-2-1-3-5-12/h1-6H2,(H,14,15). The first kappa shape index (κ1) is 9.88. The number of carboxylic acids is 1. The molecular formula is C8H13N5O2. The van der Waals surface area contributed by atoms with Gasteiger partial charge in [-0.2, -0.15) is 4.80 Å². The molecule has 1 aromatic heterocycles. The Morgan fingerprint density at radius 1 is 1.33 bits per heavy atom. The van der Waals surface area contributed by atoms with E-state index in [9.17, 15) is 4.79 Å². The fourth-order valence-corrected chi connectivity index (χ4v) is 1.64. The Hall–Kier alpha value is -1.66. The van der Waals surface area contributed by atoms with Gasteiger partial charge in [-0.25, -0.2) is 0 Å². The summed E-state index contributed by atoms with van der Waals surface area (Å²) < 4.78 is 0. The van der Waals surface area contributed by atoms with Crippen LogP contribution >= 0.6 is 0 Å². The average molecular weight is 211 g/mol. The number of aliphatic carboxylic acids is 1. The maximum absolute atomic E-state index is 10.4. The second kappa shape index (κ2) is 4.24. The highest BCUT2D eigenvalue weighted by atomic mass is 16.4. The Balaban J connectivity index is 2.02. The molecule has 0 unspecified atom stereocenters. The number of hydrogen-bond acceptors (Lipinski definition) is 5. The molecule has 1 saturated heterocycles. The minimum absolute atomic E-state index is 0.235. The summed E-state index contributed by atoms with van der Waals surface area (Å²) in [7, 11) is 0. The van der Waals surface area contributed by atoms with Gasteiger partial charge in [-0.15, -0.1) is 5.10 Å². The van der Waals surface area contributed by atoms with Crippen molar-refractivity contribution in [2.75, 3.05) is 18.0 Å². The molecule has 0 aromatic carbocycles. The summed E-state index contributed by atoms with van der Waals surface area (Å²) in [5.74, 6) is -0.423. The van der Waals surface area contributed by atoms with Crippen molar-refractivity contribution in [3.8, 4) is 0 Å². The first-order chi connectivity index (χ1) is 7.25. The van der Waals surface area contributed by atoms with E-state index < -0.39 is 5.97 Å². The van der Waals surface area contributed by atoms with Gasteiger partial charge >= 0.3 is 5.97 Å². The fraction of sp³-hybridized carbons (Fsp3) is 0.750. The van der Waals surface area contributed by atoms with E-state index in [0.29, 0.717) is 5.95 Å². The van der Waals surface area contributed by atoms with Crippen LogP contribution in [0.25, 0.3) is 0 Å². The lowest BCUT2D eigenvalue weighted by atomic mass is 10.1. The summed E-state index contributed by atoms with van der Waals surface area (Å²) >= 11 is 0. The van der Waals surface area contributed by atoms with Crippen molar-refractivity contribution < 1.29 is 9.90 Å². The molecule has 2 rings (SSSR count). The number of piperidine rings is 1. The zero-order chi connectivity index (χ0) is 10.7. The molecule has 0 amide bonds. The summed E-state index contributed by atoms with van der Waals surface area (Å²) in [6.45, 7) is 1.62. The Morgan fingerprint density at radius 3 is 2.73 bits per heavy atom. The largest absolute Gasteiger partial charge is 0.480 e. The molecule has 0 aliphatic carbocycles. The van der Waals surface area contributed by atoms with Crippen LogP contribution in [0.15, 0.2) is 0 Å². The van der Waals surface area contributed by atoms with Gasteiger partial charge in [0.15, 0.2) is 6.54 Å². The molecule has 0 radical (unpaired) electrons. The van der Waals surface area contributed by atoms with Crippen molar-refractivity contribution in [3.05, 3.63) is 0 Å². The molecule has 82 valence electrons. The van der Waals surface area contributed by atoms with Crippen LogP contribution in [-0.4, -0.2) is 44.4 Å². The van der Waals surface area contributed by atoms with Gasteiger partial charge in [-0.1, -0.05) is 5.10 Å². The lowest BCUT2D eigenvalue weighted by Crippen LogP contribution is -2.30. The number of carbonyl (C=O) groups is 1. The number of carboxylic acid groups (broad SMARTS) is 1. The highest BCUT2D eigenvalue weighted by molar-refractivity contribution is 5.66. The minimum Gasteiger partial charge on any atom is -0.480 e. The zero-order valence-electron chi connectivity index (χ0n) is 8.33. The van der Waals surface area contributed by atoms with E-state index in [1.807, 2.05) is 4.90 Å². The molecule has 7 heteroatoms. The normalized spacial score (nSPS) is 16.7. The van der Waals surface area contributed by atoms with Crippen molar-refractivity contribution in [3.63, 3.8) is 0 Å². The monoisotopic (exact) mass is 211 g/mol. The van der Waals surface area contributed by atoms with Gasteiger partial charge in [0.25, 0.3) is 5.95 Å². The molecular weight excluding hydrogens is 198 g/mol. The zero-order valence-corrected chi connectivity index (χ0v) is 8.33. The Kier molecular flexibility index (Phi) is 2.79. The van der Waals surface area contributed by atoms with Crippen LogP contribution in [0.3, 0.4) is 0 Å². The van der Waals surface area contributed by atoms with Crippen molar-refractivity contribution in [2.24, 2.45) is 0 Å². The van der Waals surface area contributed by atoms with Gasteiger partial charge in [0.2, 0.25) is 0 Å². The number of hydrogen-bond donors (Lipinski definition) is 1. The first-order valence-electron chi connectivity index (χ1n) is 5.00. The number of rotatable bonds is 3. The molecule has 0 bridgehead atoms. The Morgan fingerprint density at radius 2 is 2.07 bits per heavy atom. The molecule has 15 heavy (non-hydrogen) atoms. The number of aromatic nitrogens is 4. The third-order valence-electron chi connectivity index (χ3n) is 2.36. The van der Waals surface area contributed by atoms with Gasteiger partial charge in [0.05, 0.1) is 0 Å². The molecule has 1 N–H and O–H groups in total. The van der Waals surface area contributed by atoms with Crippen molar-refractivity contribution in [1.82, 2.24) is 20.2 Å². The fourth-order valence-electron chi connectivity index (χ4n) is 1.64. The number of tetrazole rings is 1. The topological polar surface area (TPSA) is 84.1 Å². The van der Waals surface area contributed by atoms with E-state index >= 15 is 0 Å². The minimum atomic E-state index is -0.961. The number of anilines is 1. The summed E-state index contributed by atoms with van der Waals surface area (Å²) in [4.78, 5) is 13.6. The summed E-state index contributed by atoms with van der Waals surface area (Å²) in [5.41, 5.74) is 0. The predicted molar refractivity (Wildman–Crippen MR) is 51.5 cm³/mol. The maximum atomic E-state index is 10.4. The van der Waals surface area contributed by atoms with Crippen molar-refractivity contribution >= 4 is 11.9 Å². The van der Waals surface area contributed by atoms with Crippen LogP contribution in [0.4, 0.5) is 5.95 Å². The first-order valence-corrected chi connectivity index (χ1v) is 5.00. The van der Waals surface area contributed by atoms with Crippen LogP contribution in [0.1, 0.15) is 19.3 Å². The van der Waals surface area contributed by atoms with Crippen LogP contribution in [0.2, 0.25) is 0 Å².